The molecule has 2 rings (SSSR count). The Labute approximate surface area is 128 Å². The zero-order valence-electron chi connectivity index (χ0n) is 11.1. The van der Waals surface area contributed by atoms with Gasteiger partial charge < -0.3 is 0 Å². The lowest BCUT2D eigenvalue weighted by Crippen LogP contribution is -2.12. The number of carbonyl (C=O) groups is 2. The summed E-state index contributed by atoms with van der Waals surface area (Å²) in [6.45, 7) is 1.24. The van der Waals surface area contributed by atoms with E-state index in [1.165, 1.54) is 19.1 Å². The topological polar surface area (TPSA) is 34.1 Å². The van der Waals surface area contributed by atoms with E-state index in [-0.39, 0.29) is 22.8 Å². The number of carbonyl (C=O) groups excluding carboxylic acids is 2. The second-order valence-corrected chi connectivity index (χ2v) is 5.84. The van der Waals surface area contributed by atoms with Crippen molar-refractivity contribution in [2.45, 2.75) is 25.9 Å². The lowest BCUT2D eigenvalue weighted by molar-refractivity contribution is -0.137. The van der Waals surface area contributed by atoms with Crippen molar-refractivity contribution < 1.29 is 22.8 Å². The van der Waals surface area contributed by atoms with Gasteiger partial charge in [-0.1, -0.05) is 15.9 Å². The first-order valence-electron chi connectivity index (χ1n) is 6.33. The number of halogens is 4. The van der Waals surface area contributed by atoms with Crippen molar-refractivity contribution in [2.75, 3.05) is 0 Å². The van der Waals surface area contributed by atoms with Crippen LogP contribution in [0.3, 0.4) is 0 Å². The van der Waals surface area contributed by atoms with Crippen LogP contribution >= 0.6 is 15.9 Å². The molecule has 1 aliphatic carbocycles. The summed E-state index contributed by atoms with van der Waals surface area (Å²) < 4.78 is 38.6. The molecule has 6 heteroatoms. The highest BCUT2D eigenvalue weighted by Gasteiger charge is 2.34. The molecule has 0 amide bonds. The largest absolute Gasteiger partial charge is 0.416 e. The highest BCUT2D eigenvalue weighted by Crippen LogP contribution is 2.35. The molecule has 0 unspecified atom stereocenters. The summed E-state index contributed by atoms with van der Waals surface area (Å²) in [6.07, 6.45) is -1.77. The molecule has 1 aromatic carbocycles. The molecule has 1 aliphatic rings. The van der Waals surface area contributed by atoms with Gasteiger partial charge >= 0.3 is 6.18 Å². The summed E-state index contributed by atoms with van der Waals surface area (Å²) in [7, 11) is 0. The Morgan fingerprint density at radius 1 is 1.29 bits per heavy atom. The minimum Gasteiger partial charge on any atom is -0.294 e. The minimum absolute atomic E-state index is 0.0440. The van der Waals surface area contributed by atoms with Crippen LogP contribution in [0.1, 0.15) is 30.9 Å². The monoisotopic (exact) mass is 360 g/mol. The van der Waals surface area contributed by atoms with Crippen LogP contribution in [0.25, 0.3) is 6.08 Å². The van der Waals surface area contributed by atoms with Crippen molar-refractivity contribution in [1.82, 2.24) is 0 Å². The van der Waals surface area contributed by atoms with Gasteiger partial charge in [-0.05, 0) is 49.6 Å². The normalized spacial score (nSPS) is 16.0. The Morgan fingerprint density at radius 3 is 2.38 bits per heavy atom. The molecule has 1 fully saturated rings. The van der Waals surface area contributed by atoms with Crippen LogP contribution in [0.4, 0.5) is 13.2 Å². The third kappa shape index (κ3) is 3.81. The fraction of sp³-hybridized carbons (Fsp3) is 0.333. The molecule has 2 nitrogen and oxygen atoms in total. The molecule has 0 atom stereocenters. The van der Waals surface area contributed by atoms with Gasteiger partial charge in [0, 0.05) is 10.4 Å². The average Bonchev–Trinajstić information content (AvgIpc) is 3.19. The summed E-state index contributed by atoms with van der Waals surface area (Å²) >= 11 is 3.14. The zero-order valence-corrected chi connectivity index (χ0v) is 12.7. The Balaban J connectivity index is 2.45. The Bertz CT molecular complexity index is 628. The Morgan fingerprint density at radius 2 is 1.90 bits per heavy atom. The summed E-state index contributed by atoms with van der Waals surface area (Å²) in [4.78, 5) is 23.6. The highest BCUT2D eigenvalue weighted by atomic mass is 79.9. The van der Waals surface area contributed by atoms with Gasteiger partial charge in [-0.3, -0.25) is 9.59 Å². The molecule has 21 heavy (non-hydrogen) atoms. The highest BCUT2D eigenvalue weighted by molar-refractivity contribution is 9.10. The smallest absolute Gasteiger partial charge is 0.294 e. The molecule has 0 saturated heterocycles. The summed E-state index contributed by atoms with van der Waals surface area (Å²) in [5, 5.41) is 0. The van der Waals surface area contributed by atoms with Crippen LogP contribution in [0.5, 0.6) is 0 Å². The number of benzene rings is 1. The second-order valence-electron chi connectivity index (χ2n) is 4.99. The molecule has 0 heterocycles. The van der Waals surface area contributed by atoms with Crippen LogP contribution in [-0.4, -0.2) is 11.6 Å². The molecule has 1 saturated carbocycles. The van der Waals surface area contributed by atoms with Gasteiger partial charge in [0.1, 0.15) is 0 Å². The van der Waals surface area contributed by atoms with E-state index >= 15 is 0 Å². The predicted molar refractivity (Wildman–Crippen MR) is 75.5 cm³/mol. The SMILES string of the molecule is CC(=O)/C(=C/c1cc(C(F)(F)F)ccc1Br)C(=O)C1CC1. The number of hydrogen-bond acceptors (Lipinski definition) is 2. The van der Waals surface area contributed by atoms with E-state index in [0.29, 0.717) is 4.47 Å². The number of Topliss-reactive ketones (excluding diaryl/α,β-unsaturated/α-hetero) is 2. The summed E-state index contributed by atoms with van der Waals surface area (Å²) in [5.41, 5.74) is -0.694. The van der Waals surface area contributed by atoms with Crippen molar-refractivity contribution in [3.63, 3.8) is 0 Å². The molecule has 0 radical (unpaired) electrons. The van der Waals surface area contributed by atoms with E-state index in [4.69, 9.17) is 0 Å². The number of allylic oxidation sites excluding steroid dienone is 1. The number of ketones is 2. The van der Waals surface area contributed by atoms with Crippen LogP contribution < -0.4 is 0 Å². The van der Waals surface area contributed by atoms with E-state index in [0.717, 1.165) is 25.0 Å². The van der Waals surface area contributed by atoms with Gasteiger partial charge in [-0.25, -0.2) is 0 Å². The molecule has 112 valence electrons. The molecular formula is C15H12BrF3O2. The van der Waals surface area contributed by atoms with Gasteiger partial charge in [0.2, 0.25) is 0 Å². The molecule has 0 bridgehead atoms. The van der Waals surface area contributed by atoms with Crippen molar-refractivity contribution in [3.05, 3.63) is 39.4 Å². The van der Waals surface area contributed by atoms with Crippen LogP contribution in [-0.2, 0) is 15.8 Å². The maximum atomic E-state index is 12.7. The van der Waals surface area contributed by atoms with Crippen LogP contribution in [0.15, 0.2) is 28.2 Å². The molecular weight excluding hydrogens is 349 g/mol. The van der Waals surface area contributed by atoms with E-state index < -0.39 is 17.5 Å². The maximum absolute atomic E-state index is 12.7. The fourth-order valence-electron chi connectivity index (χ4n) is 1.90. The lowest BCUT2D eigenvalue weighted by Gasteiger charge is -2.09. The van der Waals surface area contributed by atoms with Gasteiger partial charge in [-0.2, -0.15) is 13.2 Å². The van der Waals surface area contributed by atoms with Crippen LogP contribution in [0, 0.1) is 5.92 Å². The molecule has 0 spiro atoms. The van der Waals surface area contributed by atoms with Gasteiger partial charge in [0.05, 0.1) is 11.1 Å². The number of hydrogen-bond donors (Lipinski definition) is 0. The van der Waals surface area contributed by atoms with E-state index in [1.807, 2.05) is 0 Å². The maximum Gasteiger partial charge on any atom is 0.416 e. The average molecular weight is 361 g/mol. The van der Waals surface area contributed by atoms with E-state index in [2.05, 4.69) is 15.9 Å². The first kappa shape index (κ1) is 15.9. The van der Waals surface area contributed by atoms with Gasteiger partial charge in [0.25, 0.3) is 0 Å². The number of alkyl halides is 3. The third-order valence-electron chi connectivity index (χ3n) is 3.22. The Kier molecular flexibility index (Phi) is 4.37. The minimum atomic E-state index is -4.47. The molecule has 0 aliphatic heterocycles. The van der Waals surface area contributed by atoms with E-state index in [9.17, 15) is 22.8 Å². The van der Waals surface area contributed by atoms with Crippen molar-refractivity contribution in [1.29, 1.82) is 0 Å². The standard InChI is InChI=1S/C15H12BrF3O2/c1-8(20)12(14(21)9-2-3-9)7-10-6-11(15(17,18)19)4-5-13(10)16/h4-7,9H,2-3H2,1H3/b12-7-. The van der Waals surface area contributed by atoms with Crippen molar-refractivity contribution in [2.24, 2.45) is 5.92 Å². The first-order valence-corrected chi connectivity index (χ1v) is 7.13. The Hall–Kier alpha value is -1.43. The van der Waals surface area contributed by atoms with Gasteiger partial charge in [0.15, 0.2) is 11.6 Å². The predicted octanol–water partition coefficient (Wildman–Crippen LogP) is 4.42. The van der Waals surface area contributed by atoms with Crippen molar-refractivity contribution >= 4 is 33.6 Å². The molecule has 1 aromatic rings. The summed E-state index contributed by atoms with van der Waals surface area (Å²) in [5.74, 6) is -0.882. The molecule has 0 N–H and O–H groups in total. The molecule has 0 aromatic heterocycles. The van der Waals surface area contributed by atoms with Crippen molar-refractivity contribution in [3.8, 4) is 0 Å². The quantitative estimate of drug-likeness (QED) is 0.452. The second kappa shape index (κ2) is 5.75. The zero-order chi connectivity index (χ0) is 15.8. The third-order valence-corrected chi connectivity index (χ3v) is 3.94. The van der Waals surface area contributed by atoms with E-state index in [1.54, 1.807) is 0 Å². The lowest BCUT2D eigenvalue weighted by atomic mass is 10.00. The first-order chi connectivity index (χ1) is 9.70. The van der Waals surface area contributed by atoms with Gasteiger partial charge in [-0.15, -0.1) is 0 Å². The van der Waals surface area contributed by atoms with Crippen LogP contribution in [0.2, 0.25) is 0 Å². The summed E-state index contributed by atoms with van der Waals surface area (Å²) in [6, 6.07) is 3.12. The fourth-order valence-corrected chi connectivity index (χ4v) is 2.26. The number of rotatable bonds is 4.